The van der Waals surface area contributed by atoms with Gasteiger partial charge in [0.25, 0.3) is 5.56 Å². The number of carbonyl (C=O) groups is 1. The summed E-state index contributed by atoms with van der Waals surface area (Å²) < 4.78 is 50.1. The highest BCUT2D eigenvalue weighted by atomic mass is 35.5. The van der Waals surface area contributed by atoms with Gasteiger partial charge in [0.15, 0.2) is 5.82 Å². The first-order valence-corrected chi connectivity index (χ1v) is 11.9. The summed E-state index contributed by atoms with van der Waals surface area (Å²) in [6.07, 6.45) is 1.97. The molecule has 0 unspecified atom stereocenters. The summed E-state index contributed by atoms with van der Waals surface area (Å²) in [4.78, 5) is 38.1. The zero-order valence-corrected chi connectivity index (χ0v) is 21.6. The largest absolute Gasteiger partial charge is 0.485 e. The fraction of sp³-hybridized carbons (Fsp3) is 0.192. The van der Waals surface area contributed by atoms with E-state index in [2.05, 4.69) is 20.3 Å². The number of aromatic nitrogens is 4. The smallest absolute Gasteiger partial charge is 0.277 e. The van der Waals surface area contributed by atoms with E-state index in [4.69, 9.17) is 30.7 Å². The number of nitrogens with one attached hydrogen (secondary N) is 1. The topological polar surface area (TPSA) is 99.0 Å². The molecule has 0 aliphatic carbocycles. The number of nitrogens with zero attached hydrogens (tertiary/aromatic N) is 4. The summed E-state index contributed by atoms with van der Waals surface area (Å²) in [7, 11) is 0. The van der Waals surface area contributed by atoms with Crippen molar-refractivity contribution in [3.05, 3.63) is 91.8 Å². The summed E-state index contributed by atoms with van der Waals surface area (Å²) in [5, 5.41) is 2.37. The van der Waals surface area contributed by atoms with Gasteiger partial charge in [-0.15, -0.1) is 0 Å². The number of fused-ring (bicyclic) bond motifs is 1. The Balaban J connectivity index is 1.55. The van der Waals surface area contributed by atoms with Gasteiger partial charge in [-0.2, -0.15) is 0 Å². The lowest BCUT2D eigenvalue weighted by Gasteiger charge is -2.17. The maximum atomic E-state index is 14.2. The van der Waals surface area contributed by atoms with E-state index in [0.717, 1.165) is 0 Å². The van der Waals surface area contributed by atoms with E-state index in [1.54, 1.807) is 26.0 Å². The number of anilines is 1. The number of carbonyl (C=O) groups excluding carboxylic acids is 1. The van der Waals surface area contributed by atoms with E-state index in [9.17, 15) is 18.4 Å². The predicted octanol–water partition coefficient (Wildman–Crippen LogP) is 5.39. The van der Waals surface area contributed by atoms with Crippen LogP contribution in [0.4, 0.5) is 14.5 Å². The van der Waals surface area contributed by atoms with Crippen molar-refractivity contribution >= 4 is 34.8 Å². The number of amides is 1. The van der Waals surface area contributed by atoms with Gasteiger partial charge in [-0.05, 0) is 39.0 Å². The van der Waals surface area contributed by atoms with E-state index < -0.39 is 39.9 Å². The van der Waals surface area contributed by atoms with E-state index in [1.807, 2.05) is 0 Å². The monoisotopic (exact) mass is 559 g/mol. The highest BCUT2D eigenvalue weighted by Crippen LogP contribution is 2.37. The molecular weight excluding hydrogens is 539 g/mol. The summed E-state index contributed by atoms with van der Waals surface area (Å²) in [6.45, 7) is 2.14. The third-order valence-corrected chi connectivity index (χ3v) is 6.65. The summed E-state index contributed by atoms with van der Waals surface area (Å²) in [5.41, 5.74) is -0.112. The number of hydrogen-bond donors (Lipinski definition) is 1. The standard InChI is InChI=1S/C26H19Cl2F2N5O3/c1-12-6-21(38-11-19-15(30)7-13(29)9-31-19)22(28)24(36)35(12)20-8-18(32-10-14(20)27)16-4-5-17-23(33-16)26(2,3)25(37)34-17/h4-10H,11H2,1-3H3,(H,34,37)/i11D2. The number of aryl methyl sites for hydroxylation is 1. The van der Waals surface area contributed by atoms with Crippen LogP contribution < -0.4 is 15.6 Å². The first-order chi connectivity index (χ1) is 18.7. The Labute approximate surface area is 228 Å². The molecule has 0 atom stereocenters. The van der Waals surface area contributed by atoms with E-state index in [1.165, 1.54) is 29.8 Å². The molecule has 4 aromatic heterocycles. The summed E-state index contributed by atoms with van der Waals surface area (Å²) in [6, 6.07) is 6.64. The van der Waals surface area contributed by atoms with Crippen LogP contribution in [0.2, 0.25) is 10.0 Å². The minimum atomic E-state index is -2.89. The van der Waals surface area contributed by atoms with Crippen molar-refractivity contribution in [2.45, 2.75) is 32.7 Å². The van der Waals surface area contributed by atoms with Crippen LogP contribution in [0.3, 0.4) is 0 Å². The average molecular weight is 560 g/mol. The summed E-state index contributed by atoms with van der Waals surface area (Å²) in [5.74, 6) is -2.84. The molecule has 0 radical (unpaired) electrons. The molecule has 5 heterocycles. The Morgan fingerprint density at radius 1 is 1.11 bits per heavy atom. The molecule has 0 aromatic carbocycles. The first-order valence-electron chi connectivity index (χ1n) is 12.1. The van der Waals surface area contributed by atoms with Gasteiger partial charge in [0.1, 0.15) is 28.8 Å². The average Bonchev–Trinajstić information content (AvgIpc) is 3.10. The van der Waals surface area contributed by atoms with Gasteiger partial charge in [-0.3, -0.25) is 24.1 Å². The lowest BCUT2D eigenvalue weighted by atomic mass is 9.90. The maximum Gasteiger partial charge on any atom is 0.277 e. The minimum Gasteiger partial charge on any atom is -0.485 e. The molecule has 8 nitrogen and oxygen atoms in total. The number of hydrogen-bond acceptors (Lipinski definition) is 6. The minimum absolute atomic E-state index is 0.102. The molecule has 0 saturated carbocycles. The third kappa shape index (κ3) is 4.39. The van der Waals surface area contributed by atoms with Gasteiger partial charge >= 0.3 is 0 Å². The molecule has 0 bridgehead atoms. The third-order valence-electron chi connectivity index (χ3n) is 6.01. The van der Waals surface area contributed by atoms with Crippen LogP contribution in [0.15, 0.2) is 47.5 Å². The molecule has 0 saturated heterocycles. The van der Waals surface area contributed by atoms with Gasteiger partial charge in [-0.25, -0.2) is 13.8 Å². The van der Waals surface area contributed by atoms with Crippen LogP contribution in [0.25, 0.3) is 17.1 Å². The van der Waals surface area contributed by atoms with Gasteiger partial charge in [-0.1, -0.05) is 23.2 Å². The normalized spacial score (nSPS) is 15.0. The van der Waals surface area contributed by atoms with Crippen molar-refractivity contribution in [2.24, 2.45) is 0 Å². The van der Waals surface area contributed by atoms with Crippen LogP contribution in [0.5, 0.6) is 5.75 Å². The maximum absolute atomic E-state index is 14.2. The van der Waals surface area contributed by atoms with Gasteiger partial charge < -0.3 is 10.1 Å². The van der Waals surface area contributed by atoms with E-state index >= 15 is 0 Å². The zero-order chi connectivity index (χ0) is 29.1. The fourth-order valence-corrected chi connectivity index (χ4v) is 4.32. The van der Waals surface area contributed by atoms with Crippen molar-refractivity contribution in [3.8, 4) is 22.8 Å². The first kappa shape index (κ1) is 23.2. The highest BCUT2D eigenvalue weighted by Gasteiger charge is 2.40. The van der Waals surface area contributed by atoms with Crippen molar-refractivity contribution in [3.63, 3.8) is 0 Å². The molecule has 1 amide bonds. The second kappa shape index (κ2) is 9.45. The molecule has 0 fully saturated rings. The number of rotatable bonds is 5. The van der Waals surface area contributed by atoms with Crippen LogP contribution in [-0.2, 0) is 16.8 Å². The molecule has 38 heavy (non-hydrogen) atoms. The van der Waals surface area contributed by atoms with Gasteiger partial charge in [0.05, 0.1) is 47.8 Å². The number of pyridine rings is 4. The van der Waals surface area contributed by atoms with Crippen LogP contribution in [0.1, 0.15) is 33.7 Å². The number of halogens is 4. The van der Waals surface area contributed by atoms with Gasteiger partial charge in [0, 0.05) is 24.0 Å². The molecule has 1 aliphatic rings. The number of ether oxygens (including phenoxy) is 1. The van der Waals surface area contributed by atoms with Crippen molar-refractivity contribution in [1.82, 2.24) is 19.5 Å². The van der Waals surface area contributed by atoms with Crippen LogP contribution in [0, 0.1) is 18.6 Å². The Morgan fingerprint density at radius 3 is 2.61 bits per heavy atom. The van der Waals surface area contributed by atoms with E-state index in [-0.39, 0.29) is 28.1 Å². The predicted molar refractivity (Wildman–Crippen MR) is 138 cm³/mol. The Hall–Kier alpha value is -3.89. The molecule has 1 aliphatic heterocycles. The molecule has 5 rings (SSSR count). The highest BCUT2D eigenvalue weighted by molar-refractivity contribution is 6.33. The lowest BCUT2D eigenvalue weighted by Crippen LogP contribution is -2.27. The van der Waals surface area contributed by atoms with Crippen molar-refractivity contribution < 1.29 is 21.1 Å². The molecule has 12 heteroatoms. The molecule has 4 aromatic rings. The molecule has 194 valence electrons. The Bertz CT molecular complexity index is 1780. The van der Waals surface area contributed by atoms with E-state index in [0.29, 0.717) is 35.0 Å². The summed E-state index contributed by atoms with van der Waals surface area (Å²) >= 11 is 12.7. The zero-order valence-electron chi connectivity index (χ0n) is 22.1. The second-order valence-corrected chi connectivity index (χ2v) is 9.77. The molecular formula is C26H19Cl2F2N5O3. The van der Waals surface area contributed by atoms with Crippen molar-refractivity contribution in [1.29, 1.82) is 0 Å². The Morgan fingerprint density at radius 2 is 1.87 bits per heavy atom. The SMILES string of the molecule is [2H]C([2H])(Oc1cc(C)n(-c2cc(-c3ccc4c(n3)C(C)(C)C(=O)N4)ncc2Cl)c(=O)c1Cl)c1ncc(F)cc1F. The van der Waals surface area contributed by atoms with Gasteiger partial charge in [0.2, 0.25) is 5.91 Å². The van der Waals surface area contributed by atoms with Crippen LogP contribution in [-0.4, -0.2) is 25.4 Å². The molecule has 1 N–H and O–H groups in total. The fourth-order valence-electron chi connectivity index (χ4n) is 3.95. The quantitative estimate of drug-likeness (QED) is 0.352. The van der Waals surface area contributed by atoms with Crippen LogP contribution >= 0.6 is 23.2 Å². The Kier molecular flexibility index (Phi) is 5.78. The second-order valence-electron chi connectivity index (χ2n) is 8.99. The van der Waals surface area contributed by atoms with Crippen molar-refractivity contribution in [2.75, 3.05) is 5.32 Å². The molecule has 0 spiro atoms. The lowest BCUT2D eigenvalue weighted by molar-refractivity contribution is -0.119.